The van der Waals surface area contributed by atoms with Crippen LogP contribution in [0.4, 0.5) is 5.69 Å². The molecule has 0 saturated carbocycles. The number of nitrogens with one attached hydrogen (secondary N) is 1. The highest BCUT2D eigenvalue weighted by Gasteiger charge is 2.12. The Hall–Kier alpha value is -3.41. The number of pyridine rings is 1. The van der Waals surface area contributed by atoms with Gasteiger partial charge in [-0.3, -0.25) is 14.6 Å². The van der Waals surface area contributed by atoms with Crippen molar-refractivity contribution in [2.24, 2.45) is 5.73 Å². The zero-order valence-electron chi connectivity index (χ0n) is 14.6. The Morgan fingerprint density at radius 1 is 1.12 bits per heavy atom. The van der Waals surface area contributed by atoms with Gasteiger partial charge in [-0.05, 0) is 48.9 Å². The second-order valence-electron chi connectivity index (χ2n) is 5.97. The van der Waals surface area contributed by atoms with Gasteiger partial charge in [-0.1, -0.05) is 12.1 Å². The summed E-state index contributed by atoms with van der Waals surface area (Å²) in [4.78, 5) is 28.1. The van der Waals surface area contributed by atoms with Crippen LogP contribution in [0.3, 0.4) is 0 Å². The minimum absolute atomic E-state index is 0.170. The van der Waals surface area contributed by atoms with Crippen LogP contribution in [0.15, 0.2) is 48.5 Å². The van der Waals surface area contributed by atoms with E-state index in [2.05, 4.69) is 10.3 Å². The van der Waals surface area contributed by atoms with Gasteiger partial charge in [0.05, 0.1) is 30.3 Å². The third kappa shape index (κ3) is 3.80. The van der Waals surface area contributed by atoms with Gasteiger partial charge in [0.2, 0.25) is 5.91 Å². The minimum Gasteiger partial charge on any atom is -0.497 e. The number of methoxy groups -OCH3 is 1. The van der Waals surface area contributed by atoms with E-state index < -0.39 is 5.91 Å². The van der Waals surface area contributed by atoms with Crippen molar-refractivity contribution in [3.63, 3.8) is 0 Å². The standard InChI is InChI=1S/C20H19N3O3/c1-12-17(11-14-10-16(26-2)7-8-18(14)22-12)20(25)23-15-5-3-13(4-6-15)9-19(21)24/h3-8,10-11H,9H2,1-2H3,(H2,21,24)(H,23,25). The number of anilines is 1. The lowest BCUT2D eigenvalue weighted by Crippen LogP contribution is -2.15. The number of amides is 2. The first-order chi connectivity index (χ1) is 12.5. The lowest BCUT2D eigenvalue weighted by molar-refractivity contribution is -0.117. The fourth-order valence-electron chi connectivity index (χ4n) is 2.71. The van der Waals surface area contributed by atoms with Crippen LogP contribution >= 0.6 is 0 Å². The lowest BCUT2D eigenvalue weighted by Gasteiger charge is -2.10. The maximum Gasteiger partial charge on any atom is 0.257 e. The summed E-state index contributed by atoms with van der Waals surface area (Å²) >= 11 is 0. The first-order valence-electron chi connectivity index (χ1n) is 8.10. The van der Waals surface area contributed by atoms with Crippen LogP contribution in [-0.4, -0.2) is 23.9 Å². The number of carbonyl (C=O) groups is 2. The summed E-state index contributed by atoms with van der Waals surface area (Å²) in [6.45, 7) is 1.80. The highest BCUT2D eigenvalue weighted by Crippen LogP contribution is 2.22. The Kier molecular flexibility index (Phi) is 4.84. The summed E-state index contributed by atoms with van der Waals surface area (Å²) in [5.74, 6) is 0.0667. The molecule has 0 radical (unpaired) electrons. The third-order valence-electron chi connectivity index (χ3n) is 4.05. The van der Waals surface area contributed by atoms with E-state index >= 15 is 0 Å². The fourth-order valence-corrected chi connectivity index (χ4v) is 2.71. The quantitative estimate of drug-likeness (QED) is 0.740. The molecule has 0 aliphatic rings. The van der Waals surface area contributed by atoms with E-state index in [0.29, 0.717) is 22.7 Å². The van der Waals surface area contributed by atoms with Crippen LogP contribution in [0.25, 0.3) is 10.9 Å². The van der Waals surface area contributed by atoms with Gasteiger partial charge in [-0.25, -0.2) is 0 Å². The van der Waals surface area contributed by atoms with Gasteiger partial charge in [-0.2, -0.15) is 0 Å². The van der Waals surface area contributed by atoms with E-state index in [-0.39, 0.29) is 12.3 Å². The number of ether oxygens (including phenoxy) is 1. The number of hydrogen-bond acceptors (Lipinski definition) is 4. The topological polar surface area (TPSA) is 94.3 Å². The number of rotatable bonds is 5. The summed E-state index contributed by atoms with van der Waals surface area (Å²) < 4.78 is 5.23. The number of hydrogen-bond donors (Lipinski definition) is 2. The van der Waals surface area contributed by atoms with E-state index in [1.54, 1.807) is 44.4 Å². The number of aromatic nitrogens is 1. The zero-order chi connectivity index (χ0) is 18.7. The minimum atomic E-state index is -0.393. The average molecular weight is 349 g/mol. The third-order valence-corrected chi connectivity index (χ3v) is 4.05. The Morgan fingerprint density at radius 2 is 1.85 bits per heavy atom. The zero-order valence-corrected chi connectivity index (χ0v) is 14.6. The molecule has 0 spiro atoms. The van der Waals surface area contributed by atoms with Gasteiger partial charge in [0, 0.05) is 11.1 Å². The Balaban J connectivity index is 1.84. The van der Waals surface area contributed by atoms with Crippen molar-refractivity contribution in [3.8, 4) is 5.75 Å². The maximum absolute atomic E-state index is 12.6. The smallest absolute Gasteiger partial charge is 0.257 e. The molecule has 2 amide bonds. The summed E-state index contributed by atoms with van der Waals surface area (Å²) in [5, 5.41) is 3.68. The molecule has 6 nitrogen and oxygen atoms in total. The Morgan fingerprint density at radius 3 is 2.50 bits per heavy atom. The van der Waals surface area contributed by atoms with E-state index in [0.717, 1.165) is 16.5 Å². The fraction of sp³-hybridized carbons (Fsp3) is 0.150. The molecule has 3 aromatic rings. The molecule has 132 valence electrons. The van der Waals surface area contributed by atoms with Crippen LogP contribution in [0.1, 0.15) is 21.6 Å². The van der Waals surface area contributed by atoms with Gasteiger partial charge < -0.3 is 15.8 Å². The first-order valence-corrected chi connectivity index (χ1v) is 8.10. The number of benzene rings is 2. The Bertz CT molecular complexity index is 982. The predicted molar refractivity (Wildman–Crippen MR) is 100 cm³/mol. The molecule has 3 rings (SSSR count). The van der Waals surface area contributed by atoms with Crippen molar-refractivity contribution < 1.29 is 14.3 Å². The molecule has 0 aliphatic carbocycles. The van der Waals surface area contributed by atoms with Crippen molar-refractivity contribution in [3.05, 3.63) is 65.4 Å². The van der Waals surface area contributed by atoms with Gasteiger partial charge in [0.25, 0.3) is 5.91 Å². The van der Waals surface area contributed by atoms with Gasteiger partial charge in [0.15, 0.2) is 0 Å². The molecular weight excluding hydrogens is 330 g/mol. The largest absolute Gasteiger partial charge is 0.497 e. The molecule has 3 N–H and O–H groups in total. The van der Waals surface area contributed by atoms with E-state index in [9.17, 15) is 9.59 Å². The Labute approximate surface area is 151 Å². The highest BCUT2D eigenvalue weighted by molar-refractivity contribution is 6.06. The van der Waals surface area contributed by atoms with Crippen molar-refractivity contribution >= 4 is 28.4 Å². The number of primary amides is 1. The summed E-state index contributed by atoms with van der Waals surface area (Å²) in [7, 11) is 1.60. The highest BCUT2D eigenvalue weighted by atomic mass is 16.5. The molecule has 0 fully saturated rings. The van der Waals surface area contributed by atoms with Crippen LogP contribution in [-0.2, 0) is 11.2 Å². The number of aryl methyl sites for hydroxylation is 1. The predicted octanol–water partition coefficient (Wildman–Crippen LogP) is 2.83. The molecule has 2 aromatic carbocycles. The molecule has 0 bridgehead atoms. The van der Waals surface area contributed by atoms with Crippen molar-refractivity contribution in [2.75, 3.05) is 12.4 Å². The van der Waals surface area contributed by atoms with Crippen LogP contribution < -0.4 is 15.8 Å². The van der Waals surface area contributed by atoms with Crippen molar-refractivity contribution in [1.29, 1.82) is 0 Å². The average Bonchev–Trinajstić information content (AvgIpc) is 2.62. The number of nitrogens with two attached hydrogens (primary N) is 1. The monoisotopic (exact) mass is 349 g/mol. The normalized spacial score (nSPS) is 10.5. The van der Waals surface area contributed by atoms with Crippen LogP contribution in [0.2, 0.25) is 0 Å². The lowest BCUT2D eigenvalue weighted by atomic mass is 10.1. The molecule has 0 atom stereocenters. The van der Waals surface area contributed by atoms with Crippen molar-refractivity contribution in [1.82, 2.24) is 4.98 Å². The molecule has 0 unspecified atom stereocenters. The van der Waals surface area contributed by atoms with Crippen LogP contribution in [0.5, 0.6) is 5.75 Å². The summed E-state index contributed by atoms with van der Waals surface area (Å²) in [6.07, 6.45) is 0.170. The molecule has 6 heteroatoms. The SMILES string of the molecule is COc1ccc2nc(C)c(C(=O)Nc3ccc(CC(N)=O)cc3)cc2c1. The molecule has 26 heavy (non-hydrogen) atoms. The molecular formula is C20H19N3O3. The number of nitrogens with zero attached hydrogens (tertiary/aromatic N) is 1. The van der Waals surface area contributed by atoms with Crippen molar-refractivity contribution in [2.45, 2.75) is 13.3 Å². The molecule has 0 aliphatic heterocycles. The van der Waals surface area contributed by atoms with E-state index in [1.165, 1.54) is 0 Å². The second kappa shape index (κ2) is 7.23. The molecule has 1 aromatic heterocycles. The van der Waals surface area contributed by atoms with Gasteiger partial charge >= 0.3 is 0 Å². The van der Waals surface area contributed by atoms with Crippen LogP contribution in [0, 0.1) is 6.92 Å². The second-order valence-corrected chi connectivity index (χ2v) is 5.97. The van der Waals surface area contributed by atoms with E-state index in [1.807, 2.05) is 18.2 Å². The first kappa shape index (κ1) is 17.4. The molecule has 1 heterocycles. The van der Waals surface area contributed by atoms with Gasteiger partial charge in [0.1, 0.15) is 5.75 Å². The van der Waals surface area contributed by atoms with E-state index in [4.69, 9.17) is 10.5 Å². The maximum atomic E-state index is 12.6. The molecule has 0 saturated heterocycles. The number of carbonyl (C=O) groups excluding carboxylic acids is 2. The van der Waals surface area contributed by atoms with Gasteiger partial charge in [-0.15, -0.1) is 0 Å². The number of fused-ring (bicyclic) bond motifs is 1. The summed E-state index contributed by atoms with van der Waals surface area (Å²) in [6, 6.07) is 14.3. The summed E-state index contributed by atoms with van der Waals surface area (Å²) in [5.41, 5.74) is 8.55.